The van der Waals surface area contributed by atoms with Crippen molar-refractivity contribution in [3.05, 3.63) is 69.2 Å². The summed E-state index contributed by atoms with van der Waals surface area (Å²) in [5.74, 6) is 0.674. The van der Waals surface area contributed by atoms with Crippen LogP contribution in [-0.4, -0.2) is 23.3 Å². The van der Waals surface area contributed by atoms with Crippen LogP contribution in [0.25, 0.3) is 10.9 Å². The first-order valence-corrected chi connectivity index (χ1v) is 9.28. The first-order valence-electron chi connectivity index (χ1n) is 7.68. The molecule has 0 fully saturated rings. The molecule has 0 bridgehead atoms. The number of nitrogens with zero attached hydrogens (tertiary/aromatic N) is 1. The maximum Gasteiger partial charge on any atom is 0.258 e. The molecule has 0 radical (unpaired) electrons. The van der Waals surface area contributed by atoms with Gasteiger partial charge in [-0.05, 0) is 36.6 Å². The van der Waals surface area contributed by atoms with Crippen LogP contribution in [0.5, 0.6) is 0 Å². The van der Waals surface area contributed by atoms with Gasteiger partial charge in [-0.2, -0.15) is 0 Å². The van der Waals surface area contributed by atoms with Crippen LogP contribution in [0, 0.1) is 0 Å². The number of aromatic nitrogens is 2. The molecule has 0 amide bonds. The number of H-pyrrole nitrogens is 1. The molecule has 6 heteroatoms. The number of hydrogen-bond donors (Lipinski definition) is 2. The Kier molecular flexibility index (Phi) is 5.23. The predicted octanol–water partition coefficient (Wildman–Crippen LogP) is 2.51. The van der Waals surface area contributed by atoms with E-state index in [2.05, 4.69) is 47.5 Å². The van der Waals surface area contributed by atoms with Gasteiger partial charge in [0.25, 0.3) is 5.56 Å². The van der Waals surface area contributed by atoms with Crippen LogP contribution in [0.3, 0.4) is 0 Å². The normalized spacial score (nSPS) is 12.5. The van der Waals surface area contributed by atoms with E-state index in [-0.39, 0.29) is 5.56 Å². The Morgan fingerprint density at radius 3 is 2.62 bits per heavy atom. The lowest BCUT2D eigenvalue weighted by molar-refractivity contribution is -0.908. The Labute approximate surface area is 149 Å². The SMILES string of the molecule is CSc1ccc(C[NH+](C)Cc2nc3cc(Cl)ccc3c(=O)[nH]2)cc1. The summed E-state index contributed by atoms with van der Waals surface area (Å²) in [5, 5.41) is 1.15. The molecule has 4 nitrogen and oxygen atoms in total. The molecule has 1 heterocycles. The maximum atomic E-state index is 12.2. The summed E-state index contributed by atoms with van der Waals surface area (Å²) in [4.78, 5) is 22.1. The predicted molar refractivity (Wildman–Crippen MR) is 99.9 cm³/mol. The van der Waals surface area contributed by atoms with Gasteiger partial charge in [-0.15, -0.1) is 11.8 Å². The highest BCUT2D eigenvalue weighted by molar-refractivity contribution is 7.98. The van der Waals surface area contributed by atoms with Gasteiger partial charge in [0.1, 0.15) is 13.1 Å². The van der Waals surface area contributed by atoms with Crippen molar-refractivity contribution in [3.63, 3.8) is 0 Å². The molecule has 1 unspecified atom stereocenters. The number of quaternary nitrogens is 1. The maximum absolute atomic E-state index is 12.2. The number of benzene rings is 2. The molecule has 24 heavy (non-hydrogen) atoms. The van der Waals surface area contributed by atoms with E-state index in [1.165, 1.54) is 15.4 Å². The second-order valence-corrected chi connectivity index (χ2v) is 7.15. The monoisotopic (exact) mass is 360 g/mol. The lowest BCUT2D eigenvalue weighted by atomic mass is 10.2. The van der Waals surface area contributed by atoms with E-state index in [1.807, 2.05) is 0 Å². The van der Waals surface area contributed by atoms with E-state index >= 15 is 0 Å². The molecule has 3 aromatic rings. The second kappa shape index (κ2) is 7.38. The van der Waals surface area contributed by atoms with E-state index in [9.17, 15) is 4.79 Å². The second-order valence-electron chi connectivity index (χ2n) is 5.83. The van der Waals surface area contributed by atoms with Gasteiger partial charge in [0.2, 0.25) is 0 Å². The van der Waals surface area contributed by atoms with Gasteiger partial charge in [-0.1, -0.05) is 23.7 Å². The highest BCUT2D eigenvalue weighted by atomic mass is 35.5. The van der Waals surface area contributed by atoms with Crippen molar-refractivity contribution in [2.24, 2.45) is 0 Å². The molecule has 0 aliphatic rings. The molecule has 1 aromatic heterocycles. The summed E-state index contributed by atoms with van der Waals surface area (Å²) in [6.07, 6.45) is 2.07. The van der Waals surface area contributed by atoms with Gasteiger partial charge < -0.3 is 9.88 Å². The molecule has 0 spiro atoms. The minimum absolute atomic E-state index is 0.121. The Morgan fingerprint density at radius 1 is 1.17 bits per heavy atom. The van der Waals surface area contributed by atoms with Gasteiger partial charge in [-0.25, -0.2) is 4.98 Å². The molecular formula is C18H19ClN3OS+. The number of nitrogens with one attached hydrogen (secondary N) is 2. The van der Waals surface area contributed by atoms with Crippen LogP contribution >= 0.6 is 23.4 Å². The highest BCUT2D eigenvalue weighted by Crippen LogP contribution is 2.15. The highest BCUT2D eigenvalue weighted by Gasteiger charge is 2.10. The topological polar surface area (TPSA) is 50.2 Å². The van der Waals surface area contributed by atoms with E-state index in [1.54, 1.807) is 30.0 Å². The average molecular weight is 361 g/mol. The average Bonchev–Trinajstić information content (AvgIpc) is 2.55. The summed E-state index contributed by atoms with van der Waals surface area (Å²) < 4.78 is 0. The summed E-state index contributed by atoms with van der Waals surface area (Å²) in [7, 11) is 2.09. The van der Waals surface area contributed by atoms with Crippen LogP contribution in [0.15, 0.2) is 52.2 Å². The third-order valence-corrected chi connectivity index (χ3v) is 4.83. The largest absolute Gasteiger partial charge is 0.327 e. The van der Waals surface area contributed by atoms with E-state index in [0.29, 0.717) is 28.3 Å². The molecule has 2 N–H and O–H groups in total. The smallest absolute Gasteiger partial charge is 0.258 e. The fraction of sp³-hybridized carbons (Fsp3) is 0.222. The Morgan fingerprint density at radius 2 is 1.92 bits per heavy atom. The van der Waals surface area contributed by atoms with Crippen molar-refractivity contribution in [3.8, 4) is 0 Å². The zero-order valence-electron chi connectivity index (χ0n) is 13.6. The van der Waals surface area contributed by atoms with Gasteiger partial charge in [0, 0.05) is 15.5 Å². The first kappa shape index (κ1) is 17.0. The van der Waals surface area contributed by atoms with Gasteiger partial charge in [-0.3, -0.25) is 4.79 Å². The Balaban J connectivity index is 1.77. The van der Waals surface area contributed by atoms with Crippen molar-refractivity contribution in [1.29, 1.82) is 0 Å². The number of halogens is 1. The standard InChI is InChI=1S/C18H18ClN3OS/c1-22(10-12-3-6-14(24-2)7-4-12)11-17-20-16-9-13(19)5-8-15(16)18(23)21-17/h3-9H,10-11H2,1-2H3,(H,20,21,23)/p+1. The molecule has 3 rings (SSSR count). The minimum Gasteiger partial charge on any atom is -0.327 e. The van der Waals surface area contributed by atoms with Crippen molar-refractivity contribution < 1.29 is 4.90 Å². The van der Waals surface area contributed by atoms with Gasteiger partial charge in [0.15, 0.2) is 5.82 Å². The number of hydrogen-bond acceptors (Lipinski definition) is 3. The quantitative estimate of drug-likeness (QED) is 0.687. The minimum atomic E-state index is -0.121. The molecule has 0 aliphatic heterocycles. The molecular weight excluding hydrogens is 342 g/mol. The van der Waals surface area contributed by atoms with Crippen molar-refractivity contribution in [2.75, 3.05) is 13.3 Å². The van der Waals surface area contributed by atoms with Crippen molar-refractivity contribution in [1.82, 2.24) is 9.97 Å². The molecule has 0 saturated carbocycles. The Bertz CT molecular complexity index is 908. The lowest BCUT2D eigenvalue weighted by Crippen LogP contribution is -3.06. The summed E-state index contributed by atoms with van der Waals surface area (Å²) >= 11 is 7.74. The number of aromatic amines is 1. The van der Waals surface area contributed by atoms with Gasteiger partial charge in [0.05, 0.1) is 18.0 Å². The number of fused-ring (bicyclic) bond motifs is 1. The van der Waals surface area contributed by atoms with Crippen LogP contribution in [0.1, 0.15) is 11.4 Å². The number of thioether (sulfide) groups is 1. The first-order chi connectivity index (χ1) is 11.5. The third kappa shape index (κ3) is 3.98. The Hall–Kier alpha value is -1.82. The summed E-state index contributed by atoms with van der Waals surface area (Å²) in [5.41, 5.74) is 1.78. The summed E-state index contributed by atoms with van der Waals surface area (Å²) in [6, 6.07) is 13.7. The zero-order valence-corrected chi connectivity index (χ0v) is 15.2. The fourth-order valence-electron chi connectivity index (χ4n) is 2.68. The van der Waals surface area contributed by atoms with Crippen LogP contribution in [0.4, 0.5) is 0 Å². The van der Waals surface area contributed by atoms with Crippen LogP contribution in [0.2, 0.25) is 5.02 Å². The van der Waals surface area contributed by atoms with Crippen LogP contribution < -0.4 is 10.5 Å². The molecule has 0 aliphatic carbocycles. The number of rotatable bonds is 5. The van der Waals surface area contributed by atoms with E-state index in [0.717, 1.165) is 6.54 Å². The van der Waals surface area contributed by atoms with Gasteiger partial charge >= 0.3 is 0 Å². The lowest BCUT2D eigenvalue weighted by Gasteiger charge is -2.14. The molecule has 1 atom stereocenters. The third-order valence-electron chi connectivity index (χ3n) is 3.85. The van der Waals surface area contributed by atoms with Crippen LogP contribution in [-0.2, 0) is 13.1 Å². The van der Waals surface area contributed by atoms with E-state index in [4.69, 9.17) is 11.6 Å². The molecule has 2 aromatic carbocycles. The van der Waals surface area contributed by atoms with Crippen molar-refractivity contribution in [2.45, 2.75) is 18.0 Å². The zero-order chi connectivity index (χ0) is 17.1. The fourth-order valence-corrected chi connectivity index (χ4v) is 3.26. The summed E-state index contributed by atoms with van der Waals surface area (Å²) in [6.45, 7) is 1.51. The molecule has 0 saturated heterocycles. The van der Waals surface area contributed by atoms with Crippen molar-refractivity contribution >= 4 is 34.3 Å². The molecule has 124 valence electrons. The van der Waals surface area contributed by atoms with E-state index < -0.39 is 0 Å².